The molecule has 0 saturated heterocycles. The van der Waals surface area contributed by atoms with Gasteiger partial charge in [0.15, 0.2) is 8.68 Å². The lowest BCUT2D eigenvalue weighted by Crippen LogP contribution is -1.85. The van der Waals surface area contributed by atoms with E-state index in [0.29, 0.717) is 0 Å². The molecule has 0 fully saturated rings. The summed E-state index contributed by atoms with van der Waals surface area (Å²) < 4.78 is 1.99. The zero-order valence-electron chi connectivity index (χ0n) is 10.2. The van der Waals surface area contributed by atoms with E-state index in [0.717, 1.165) is 25.8 Å². The van der Waals surface area contributed by atoms with Crippen LogP contribution in [-0.4, -0.2) is 15.2 Å². The first-order valence-electron chi connectivity index (χ1n) is 5.76. The molecule has 0 radical (unpaired) electrons. The summed E-state index contributed by atoms with van der Waals surface area (Å²) in [5.74, 6) is 0. The highest BCUT2D eigenvalue weighted by Crippen LogP contribution is 2.32. The molecule has 3 rings (SSSR count). The fourth-order valence-electron chi connectivity index (χ4n) is 1.58. The summed E-state index contributed by atoms with van der Waals surface area (Å²) in [5.41, 5.74) is 2.32. The van der Waals surface area contributed by atoms with Gasteiger partial charge in [0.05, 0.1) is 0 Å². The molecule has 6 heteroatoms. The van der Waals surface area contributed by atoms with Gasteiger partial charge in [-0.3, -0.25) is 0 Å². The Morgan fingerprint density at radius 1 is 1.11 bits per heavy atom. The van der Waals surface area contributed by atoms with Crippen molar-refractivity contribution in [1.29, 1.82) is 0 Å². The molecule has 3 nitrogen and oxygen atoms in total. The average molecular weight is 305 g/mol. The lowest BCUT2D eigenvalue weighted by atomic mass is 10.2. The Kier molecular flexibility index (Phi) is 3.91. The number of hydrogen-bond donors (Lipinski definition) is 0. The van der Waals surface area contributed by atoms with Gasteiger partial charge in [-0.1, -0.05) is 41.7 Å². The number of thiazole rings is 1. The van der Waals surface area contributed by atoms with Gasteiger partial charge in [0.1, 0.15) is 5.01 Å². The highest BCUT2D eigenvalue weighted by molar-refractivity contribution is 8.02. The molecule has 0 saturated carbocycles. The van der Waals surface area contributed by atoms with E-state index in [1.807, 2.05) is 30.5 Å². The van der Waals surface area contributed by atoms with Crippen molar-refractivity contribution >= 4 is 34.4 Å². The van der Waals surface area contributed by atoms with Crippen molar-refractivity contribution in [3.63, 3.8) is 0 Å². The van der Waals surface area contributed by atoms with Crippen molar-refractivity contribution in [3.05, 3.63) is 52.0 Å². The highest BCUT2D eigenvalue weighted by atomic mass is 32.2. The fraction of sp³-hybridized carbons (Fsp3) is 0.154. The third-order valence-electron chi connectivity index (χ3n) is 2.42. The Morgan fingerprint density at radius 2 is 1.95 bits per heavy atom. The minimum absolute atomic E-state index is 0.843. The van der Waals surface area contributed by atoms with E-state index in [1.165, 1.54) is 5.56 Å². The molecular formula is C13H11N3S3. The van der Waals surface area contributed by atoms with Gasteiger partial charge in [-0.2, -0.15) is 0 Å². The predicted molar refractivity (Wildman–Crippen MR) is 80.1 cm³/mol. The number of rotatable bonds is 4. The maximum absolute atomic E-state index is 4.42. The third-order valence-corrected chi connectivity index (χ3v) is 5.45. The summed E-state index contributed by atoms with van der Waals surface area (Å²) >= 11 is 4.88. The van der Waals surface area contributed by atoms with Crippen LogP contribution in [0.15, 0.2) is 44.4 Å². The van der Waals surface area contributed by atoms with Crippen molar-refractivity contribution in [2.75, 3.05) is 0 Å². The Balaban J connectivity index is 1.69. The van der Waals surface area contributed by atoms with Crippen LogP contribution >= 0.6 is 34.4 Å². The van der Waals surface area contributed by atoms with Crippen LogP contribution in [0.25, 0.3) is 0 Å². The molecule has 0 unspecified atom stereocenters. The van der Waals surface area contributed by atoms with Crippen LogP contribution in [0.1, 0.15) is 16.3 Å². The van der Waals surface area contributed by atoms with E-state index in [1.54, 1.807) is 34.4 Å². The van der Waals surface area contributed by atoms with Crippen LogP contribution in [-0.2, 0) is 6.42 Å². The van der Waals surface area contributed by atoms with Gasteiger partial charge < -0.3 is 0 Å². The van der Waals surface area contributed by atoms with Crippen molar-refractivity contribution in [1.82, 2.24) is 15.2 Å². The summed E-state index contributed by atoms with van der Waals surface area (Å²) in [6, 6.07) is 10.3. The summed E-state index contributed by atoms with van der Waals surface area (Å²) in [5, 5.41) is 11.5. The third kappa shape index (κ3) is 3.40. The van der Waals surface area contributed by atoms with Gasteiger partial charge in [0.2, 0.25) is 0 Å². The van der Waals surface area contributed by atoms with Crippen LogP contribution in [0.2, 0.25) is 0 Å². The van der Waals surface area contributed by atoms with Crippen LogP contribution in [0.5, 0.6) is 0 Å². The molecule has 19 heavy (non-hydrogen) atoms. The van der Waals surface area contributed by atoms with E-state index < -0.39 is 0 Å². The summed E-state index contributed by atoms with van der Waals surface area (Å²) in [7, 11) is 0. The van der Waals surface area contributed by atoms with Gasteiger partial charge in [0.25, 0.3) is 0 Å². The molecule has 96 valence electrons. The molecule has 2 heterocycles. The Morgan fingerprint density at radius 3 is 2.68 bits per heavy atom. The van der Waals surface area contributed by atoms with Crippen LogP contribution < -0.4 is 0 Å². The summed E-state index contributed by atoms with van der Waals surface area (Å²) in [6.45, 7) is 2.00. The summed E-state index contributed by atoms with van der Waals surface area (Å²) in [6.07, 6.45) is 0.843. The number of hydrogen-bond acceptors (Lipinski definition) is 6. The molecule has 2 aromatic heterocycles. The monoisotopic (exact) mass is 305 g/mol. The standard InChI is InChI=1S/C13H11N3S3/c1-9-8-17-12(14-9)19-13-16-15-11(18-13)7-10-5-3-2-4-6-10/h2-6,8H,7H2,1H3. The first kappa shape index (κ1) is 12.8. The molecule has 0 N–H and O–H groups in total. The van der Waals surface area contributed by atoms with Gasteiger partial charge in [0, 0.05) is 17.5 Å². The lowest BCUT2D eigenvalue weighted by molar-refractivity contribution is 0.955. The highest BCUT2D eigenvalue weighted by Gasteiger charge is 2.08. The zero-order chi connectivity index (χ0) is 13.1. The molecular weight excluding hydrogens is 294 g/mol. The molecule has 0 aliphatic carbocycles. The topological polar surface area (TPSA) is 38.7 Å². The predicted octanol–water partition coefficient (Wildman–Crippen LogP) is 4.05. The SMILES string of the molecule is Cc1csc(Sc2nnc(Cc3ccccc3)s2)n1. The minimum Gasteiger partial charge on any atom is -0.235 e. The number of nitrogens with zero attached hydrogens (tertiary/aromatic N) is 3. The number of benzene rings is 1. The maximum Gasteiger partial charge on any atom is 0.181 e. The van der Waals surface area contributed by atoms with Crippen LogP contribution in [0.4, 0.5) is 0 Å². The first-order valence-corrected chi connectivity index (χ1v) is 8.27. The van der Waals surface area contributed by atoms with Gasteiger partial charge in [-0.25, -0.2) is 4.98 Å². The zero-order valence-corrected chi connectivity index (χ0v) is 12.7. The van der Waals surface area contributed by atoms with Gasteiger partial charge in [-0.05, 0) is 24.2 Å². The molecule has 0 bridgehead atoms. The molecule has 3 aromatic rings. The Bertz CT molecular complexity index is 661. The van der Waals surface area contributed by atoms with E-state index in [2.05, 4.69) is 27.3 Å². The van der Waals surface area contributed by atoms with E-state index >= 15 is 0 Å². The number of aromatic nitrogens is 3. The average Bonchev–Trinajstić information content (AvgIpc) is 3.01. The first-order chi connectivity index (χ1) is 9.29. The molecule has 0 amide bonds. The second-order valence-corrected chi connectivity index (χ2v) is 7.40. The second kappa shape index (κ2) is 5.81. The molecule has 0 aliphatic heterocycles. The smallest absolute Gasteiger partial charge is 0.181 e. The molecule has 1 aromatic carbocycles. The van der Waals surface area contributed by atoms with Crippen LogP contribution in [0.3, 0.4) is 0 Å². The molecule has 0 aliphatic rings. The lowest BCUT2D eigenvalue weighted by Gasteiger charge is -1.94. The van der Waals surface area contributed by atoms with Crippen molar-refractivity contribution in [2.24, 2.45) is 0 Å². The molecule has 0 atom stereocenters. The fourth-order valence-corrected chi connectivity index (χ4v) is 4.54. The summed E-state index contributed by atoms with van der Waals surface area (Å²) in [4.78, 5) is 4.42. The van der Waals surface area contributed by atoms with E-state index in [-0.39, 0.29) is 0 Å². The van der Waals surface area contributed by atoms with Crippen molar-refractivity contribution in [3.8, 4) is 0 Å². The molecule has 0 spiro atoms. The van der Waals surface area contributed by atoms with E-state index in [9.17, 15) is 0 Å². The normalized spacial score (nSPS) is 10.8. The largest absolute Gasteiger partial charge is 0.235 e. The second-order valence-electron chi connectivity index (χ2n) is 3.98. The maximum atomic E-state index is 4.42. The van der Waals surface area contributed by atoms with Crippen molar-refractivity contribution < 1.29 is 0 Å². The van der Waals surface area contributed by atoms with Crippen molar-refractivity contribution in [2.45, 2.75) is 22.0 Å². The quantitative estimate of drug-likeness (QED) is 0.729. The Hall–Kier alpha value is -1.24. The van der Waals surface area contributed by atoms with Gasteiger partial charge in [-0.15, -0.1) is 21.5 Å². The Labute approximate surface area is 123 Å². The minimum atomic E-state index is 0.843. The van der Waals surface area contributed by atoms with Gasteiger partial charge >= 0.3 is 0 Å². The number of aryl methyl sites for hydroxylation is 1. The van der Waals surface area contributed by atoms with Crippen LogP contribution in [0, 0.1) is 6.92 Å². The van der Waals surface area contributed by atoms with E-state index in [4.69, 9.17) is 0 Å².